The van der Waals surface area contributed by atoms with Gasteiger partial charge in [0, 0.05) is 0 Å². The fourth-order valence-electron chi connectivity index (χ4n) is 1.20. The number of halogens is 2. The van der Waals surface area contributed by atoms with Crippen molar-refractivity contribution in [1.29, 1.82) is 0 Å². The van der Waals surface area contributed by atoms with E-state index in [0.717, 1.165) is 15.8 Å². The summed E-state index contributed by atoms with van der Waals surface area (Å²) in [7, 11) is 1.58. The van der Waals surface area contributed by atoms with Gasteiger partial charge in [-0.15, -0.1) is 0 Å². The Morgan fingerprint density at radius 2 is 2.28 bits per heavy atom. The average molecular weight is 349 g/mol. The molecule has 94 valence electrons. The molecule has 0 radical (unpaired) electrons. The van der Waals surface area contributed by atoms with Crippen LogP contribution in [-0.4, -0.2) is 18.4 Å². The summed E-state index contributed by atoms with van der Waals surface area (Å²) in [5.74, 6) is 1.28. The molecule has 4 nitrogen and oxygen atoms in total. The van der Waals surface area contributed by atoms with Crippen molar-refractivity contribution in [3.05, 3.63) is 32.7 Å². The van der Waals surface area contributed by atoms with Crippen molar-refractivity contribution in [2.24, 2.45) is 0 Å². The van der Waals surface area contributed by atoms with E-state index in [-0.39, 0.29) is 5.15 Å². The first-order chi connectivity index (χ1) is 8.63. The van der Waals surface area contributed by atoms with Crippen molar-refractivity contribution in [1.82, 2.24) is 4.98 Å². The van der Waals surface area contributed by atoms with Crippen LogP contribution in [0.4, 0.5) is 0 Å². The van der Waals surface area contributed by atoms with Gasteiger partial charge in [0.15, 0.2) is 11.4 Å². The lowest BCUT2D eigenvalue weighted by molar-refractivity contribution is 0.112. The van der Waals surface area contributed by atoms with Crippen LogP contribution in [0.3, 0.4) is 0 Å². The molecule has 0 bridgehead atoms. The molecule has 0 spiro atoms. The molecule has 2 aromatic rings. The standard InChI is InChI=1S/C11H7BrClNO3S/c1-16-6-2-3-8(7(12)4-6)17-11-14-10(13)9(5-15)18-11/h2-5H,1H3. The minimum absolute atomic E-state index is 0.148. The topological polar surface area (TPSA) is 48.4 Å². The van der Waals surface area contributed by atoms with Gasteiger partial charge in [0.25, 0.3) is 5.19 Å². The van der Waals surface area contributed by atoms with Gasteiger partial charge in [-0.25, -0.2) is 0 Å². The first-order valence-electron chi connectivity index (χ1n) is 4.77. The number of methoxy groups -OCH3 is 1. The summed E-state index contributed by atoms with van der Waals surface area (Å²) >= 11 is 10.2. The Balaban J connectivity index is 2.25. The second kappa shape index (κ2) is 5.69. The largest absolute Gasteiger partial charge is 0.497 e. The molecule has 0 unspecified atom stereocenters. The normalized spacial score (nSPS) is 10.2. The Bertz CT molecular complexity index is 588. The minimum Gasteiger partial charge on any atom is -0.497 e. The van der Waals surface area contributed by atoms with Gasteiger partial charge in [-0.05, 0) is 34.1 Å². The van der Waals surface area contributed by atoms with Gasteiger partial charge in [0.1, 0.15) is 16.4 Å². The number of nitrogens with zero attached hydrogens (tertiary/aromatic N) is 1. The highest BCUT2D eigenvalue weighted by molar-refractivity contribution is 9.10. The molecule has 0 fully saturated rings. The molecule has 0 aliphatic carbocycles. The van der Waals surface area contributed by atoms with Crippen molar-refractivity contribution in [2.45, 2.75) is 0 Å². The number of carbonyl (C=O) groups is 1. The van der Waals surface area contributed by atoms with Gasteiger partial charge in [-0.3, -0.25) is 4.79 Å². The number of thiazole rings is 1. The lowest BCUT2D eigenvalue weighted by atomic mass is 10.3. The number of aromatic nitrogens is 1. The van der Waals surface area contributed by atoms with Crippen LogP contribution in [0.5, 0.6) is 16.7 Å². The van der Waals surface area contributed by atoms with Crippen LogP contribution in [0.25, 0.3) is 0 Å². The zero-order valence-corrected chi connectivity index (χ0v) is 12.3. The van der Waals surface area contributed by atoms with Gasteiger partial charge in [0.05, 0.1) is 11.6 Å². The van der Waals surface area contributed by atoms with Gasteiger partial charge in [-0.2, -0.15) is 4.98 Å². The molecule has 7 heteroatoms. The van der Waals surface area contributed by atoms with E-state index in [2.05, 4.69) is 20.9 Å². The molecular formula is C11H7BrClNO3S. The molecule has 1 aromatic carbocycles. The maximum absolute atomic E-state index is 10.6. The van der Waals surface area contributed by atoms with Crippen LogP contribution in [0.2, 0.25) is 5.15 Å². The van der Waals surface area contributed by atoms with Crippen LogP contribution in [0, 0.1) is 0 Å². The van der Waals surface area contributed by atoms with E-state index in [4.69, 9.17) is 21.1 Å². The van der Waals surface area contributed by atoms with Crippen LogP contribution in [0.1, 0.15) is 9.67 Å². The summed E-state index contributed by atoms with van der Waals surface area (Å²) in [5, 5.41) is 0.461. The number of benzene rings is 1. The lowest BCUT2D eigenvalue weighted by Gasteiger charge is -2.06. The molecule has 0 saturated carbocycles. The van der Waals surface area contributed by atoms with E-state index in [1.165, 1.54) is 0 Å². The first-order valence-corrected chi connectivity index (χ1v) is 6.75. The molecule has 0 N–H and O–H groups in total. The summed E-state index contributed by atoms with van der Waals surface area (Å²) < 4.78 is 11.3. The molecule has 1 heterocycles. The SMILES string of the molecule is COc1ccc(Oc2nc(Cl)c(C=O)s2)c(Br)c1. The van der Waals surface area contributed by atoms with Gasteiger partial charge >= 0.3 is 0 Å². The van der Waals surface area contributed by atoms with Gasteiger partial charge < -0.3 is 9.47 Å². The van der Waals surface area contributed by atoms with E-state index in [1.807, 2.05) is 0 Å². The van der Waals surface area contributed by atoms with Crippen molar-refractivity contribution < 1.29 is 14.3 Å². The third-order valence-corrected chi connectivity index (χ3v) is 3.91. The number of hydrogen-bond donors (Lipinski definition) is 0. The van der Waals surface area contributed by atoms with Crippen molar-refractivity contribution >= 4 is 45.2 Å². The number of aldehydes is 1. The molecule has 2 rings (SSSR count). The fraction of sp³-hybridized carbons (Fsp3) is 0.0909. The Morgan fingerprint density at radius 3 is 2.83 bits per heavy atom. The first kappa shape index (κ1) is 13.3. The molecule has 1 aromatic heterocycles. The predicted molar refractivity (Wildman–Crippen MR) is 73.3 cm³/mol. The maximum atomic E-state index is 10.6. The Hall–Kier alpha value is -1.11. The zero-order chi connectivity index (χ0) is 13.1. The number of carbonyl (C=O) groups excluding carboxylic acids is 1. The molecule has 0 saturated heterocycles. The number of ether oxygens (including phenoxy) is 2. The van der Waals surface area contributed by atoms with Crippen molar-refractivity contribution in [3.8, 4) is 16.7 Å². The fourth-order valence-corrected chi connectivity index (χ4v) is 2.56. The molecule has 0 amide bonds. The molecule has 0 aliphatic heterocycles. The highest BCUT2D eigenvalue weighted by Crippen LogP contribution is 2.35. The van der Waals surface area contributed by atoms with E-state index >= 15 is 0 Å². The average Bonchev–Trinajstić information content (AvgIpc) is 2.72. The van der Waals surface area contributed by atoms with Crippen LogP contribution < -0.4 is 9.47 Å². The number of rotatable bonds is 4. The highest BCUT2D eigenvalue weighted by Gasteiger charge is 2.12. The van der Waals surface area contributed by atoms with E-state index in [9.17, 15) is 4.79 Å². The Kier molecular flexibility index (Phi) is 4.21. The van der Waals surface area contributed by atoms with Crippen LogP contribution in [-0.2, 0) is 0 Å². The van der Waals surface area contributed by atoms with E-state index in [1.54, 1.807) is 25.3 Å². The molecule has 18 heavy (non-hydrogen) atoms. The van der Waals surface area contributed by atoms with Crippen LogP contribution in [0.15, 0.2) is 22.7 Å². The number of hydrogen-bond acceptors (Lipinski definition) is 5. The minimum atomic E-state index is 0.148. The summed E-state index contributed by atoms with van der Waals surface area (Å²) in [4.78, 5) is 14.9. The van der Waals surface area contributed by atoms with Crippen molar-refractivity contribution in [3.63, 3.8) is 0 Å². The van der Waals surface area contributed by atoms with Gasteiger partial charge in [0.2, 0.25) is 0 Å². The Labute approximate surface area is 121 Å². The third-order valence-electron chi connectivity index (χ3n) is 2.03. The molecule has 0 atom stereocenters. The Morgan fingerprint density at radius 1 is 1.50 bits per heavy atom. The quantitative estimate of drug-likeness (QED) is 0.778. The van der Waals surface area contributed by atoms with Crippen LogP contribution >= 0.6 is 38.9 Å². The molecule has 0 aliphatic rings. The zero-order valence-electron chi connectivity index (χ0n) is 9.15. The van der Waals surface area contributed by atoms with E-state index < -0.39 is 0 Å². The smallest absolute Gasteiger partial charge is 0.280 e. The monoisotopic (exact) mass is 347 g/mol. The van der Waals surface area contributed by atoms with E-state index in [0.29, 0.717) is 27.9 Å². The van der Waals surface area contributed by atoms with Crippen molar-refractivity contribution in [2.75, 3.05) is 7.11 Å². The maximum Gasteiger partial charge on any atom is 0.280 e. The summed E-state index contributed by atoms with van der Waals surface area (Å²) in [6.45, 7) is 0. The lowest BCUT2D eigenvalue weighted by Crippen LogP contribution is -1.87. The summed E-state index contributed by atoms with van der Waals surface area (Å²) in [6.07, 6.45) is 0.649. The third kappa shape index (κ3) is 2.82. The highest BCUT2D eigenvalue weighted by atomic mass is 79.9. The summed E-state index contributed by atoms with van der Waals surface area (Å²) in [6, 6.07) is 5.26. The second-order valence-corrected chi connectivity index (χ2v) is 5.36. The summed E-state index contributed by atoms with van der Waals surface area (Å²) in [5.41, 5.74) is 0. The van der Waals surface area contributed by atoms with Gasteiger partial charge in [-0.1, -0.05) is 22.9 Å². The predicted octanol–water partition coefficient (Wildman–Crippen LogP) is 4.17. The second-order valence-electron chi connectivity index (χ2n) is 3.15. The molecular weight excluding hydrogens is 342 g/mol.